The zero-order chi connectivity index (χ0) is 16.7. The molecule has 0 radical (unpaired) electrons. The van der Waals surface area contributed by atoms with Crippen LogP contribution in [0.25, 0.3) is 0 Å². The summed E-state index contributed by atoms with van der Waals surface area (Å²) in [5.74, 6) is 0.390. The molecule has 1 aromatic rings. The van der Waals surface area contributed by atoms with Crippen LogP contribution in [0.5, 0.6) is 0 Å². The summed E-state index contributed by atoms with van der Waals surface area (Å²) in [6, 6.07) is 8.58. The lowest BCUT2D eigenvalue weighted by molar-refractivity contribution is 0.441. The van der Waals surface area contributed by atoms with Gasteiger partial charge in [0.1, 0.15) is 0 Å². The van der Waals surface area contributed by atoms with E-state index in [2.05, 4.69) is 10.3 Å². The zero-order valence-electron chi connectivity index (χ0n) is 13.7. The summed E-state index contributed by atoms with van der Waals surface area (Å²) < 4.78 is 24.9. The van der Waals surface area contributed by atoms with Gasteiger partial charge < -0.3 is 11.1 Å². The van der Waals surface area contributed by atoms with Crippen molar-refractivity contribution in [3.8, 4) is 0 Å². The van der Waals surface area contributed by atoms with Crippen LogP contribution >= 0.6 is 0 Å². The Kier molecular flexibility index (Phi) is 6.45. The van der Waals surface area contributed by atoms with Crippen LogP contribution in [0.1, 0.15) is 45.4 Å². The predicted molar refractivity (Wildman–Crippen MR) is 94.2 cm³/mol. The van der Waals surface area contributed by atoms with Crippen LogP contribution in [0.2, 0.25) is 0 Å². The molecule has 2 rings (SSSR count). The summed E-state index contributed by atoms with van der Waals surface area (Å²) in [6.07, 6.45) is 6.48. The van der Waals surface area contributed by atoms with E-state index in [1.54, 1.807) is 24.3 Å². The van der Waals surface area contributed by atoms with E-state index in [-0.39, 0.29) is 17.8 Å². The Morgan fingerprint density at radius 2 is 1.91 bits per heavy atom. The Morgan fingerprint density at radius 3 is 2.52 bits per heavy atom. The minimum atomic E-state index is -3.32. The number of sulfone groups is 1. The molecule has 0 aromatic heterocycles. The van der Waals surface area contributed by atoms with Crippen LogP contribution in [0.3, 0.4) is 0 Å². The number of nitrogens with one attached hydrogen (secondary N) is 1. The molecule has 0 heterocycles. The summed E-state index contributed by atoms with van der Waals surface area (Å²) in [6.45, 7) is 1.95. The van der Waals surface area contributed by atoms with E-state index in [0.717, 1.165) is 12.8 Å². The average molecular weight is 337 g/mol. The lowest BCUT2D eigenvalue weighted by atomic mass is 9.96. The van der Waals surface area contributed by atoms with Gasteiger partial charge in [-0.2, -0.15) is 0 Å². The second-order valence-corrected chi connectivity index (χ2v) is 8.18. The molecule has 1 fully saturated rings. The smallest absolute Gasteiger partial charge is 0.189 e. The van der Waals surface area contributed by atoms with Gasteiger partial charge in [0.15, 0.2) is 15.8 Å². The van der Waals surface area contributed by atoms with Crippen molar-refractivity contribution in [3.05, 3.63) is 30.3 Å². The fourth-order valence-electron chi connectivity index (χ4n) is 2.90. The predicted octanol–water partition coefficient (Wildman–Crippen LogP) is 2.48. The van der Waals surface area contributed by atoms with E-state index in [1.165, 1.54) is 19.3 Å². The maximum atomic E-state index is 12.5. The standard InChI is InChI=1S/C17H27N3O2S/c1-2-14(13-23(21,22)16-11-7-4-8-12-16)19-17(18)20-15-9-5-3-6-10-15/h4,7-8,11-12,14-15H,2-3,5-6,9-10,13H2,1H3,(H3,18,19,20). The molecular formula is C17H27N3O2S. The van der Waals surface area contributed by atoms with E-state index in [1.807, 2.05) is 13.0 Å². The van der Waals surface area contributed by atoms with Gasteiger partial charge in [-0.1, -0.05) is 44.4 Å². The molecule has 5 nitrogen and oxygen atoms in total. The molecule has 1 aliphatic rings. The van der Waals surface area contributed by atoms with Crippen LogP contribution in [-0.2, 0) is 9.84 Å². The highest BCUT2D eigenvalue weighted by Gasteiger charge is 2.21. The van der Waals surface area contributed by atoms with Crippen LogP contribution < -0.4 is 11.1 Å². The van der Waals surface area contributed by atoms with Crippen molar-refractivity contribution in [1.82, 2.24) is 5.32 Å². The second kappa shape index (κ2) is 8.34. The minimum Gasteiger partial charge on any atom is -0.370 e. The molecule has 0 amide bonds. The molecule has 0 saturated heterocycles. The third kappa shape index (κ3) is 5.53. The van der Waals surface area contributed by atoms with Crippen molar-refractivity contribution in [2.24, 2.45) is 10.7 Å². The highest BCUT2D eigenvalue weighted by molar-refractivity contribution is 7.91. The van der Waals surface area contributed by atoms with Gasteiger partial charge in [-0.25, -0.2) is 8.42 Å². The fourth-order valence-corrected chi connectivity index (χ4v) is 4.52. The summed E-state index contributed by atoms with van der Waals surface area (Å²) in [5.41, 5.74) is 5.98. The normalized spacial score (nSPS) is 18.6. The van der Waals surface area contributed by atoms with Gasteiger partial charge >= 0.3 is 0 Å². The van der Waals surface area contributed by atoms with Crippen molar-refractivity contribution in [2.75, 3.05) is 5.75 Å². The van der Waals surface area contributed by atoms with Crippen molar-refractivity contribution < 1.29 is 8.42 Å². The number of nitrogens with zero attached hydrogens (tertiary/aromatic N) is 1. The third-order valence-electron chi connectivity index (χ3n) is 4.26. The molecular weight excluding hydrogens is 310 g/mol. The van der Waals surface area contributed by atoms with Crippen LogP contribution in [-0.4, -0.2) is 32.2 Å². The number of nitrogens with two attached hydrogens (primary N) is 1. The van der Waals surface area contributed by atoms with Gasteiger partial charge in [0.2, 0.25) is 0 Å². The zero-order valence-corrected chi connectivity index (χ0v) is 14.6. The summed E-state index contributed by atoms with van der Waals surface area (Å²) >= 11 is 0. The number of hydrogen-bond acceptors (Lipinski definition) is 3. The fraction of sp³-hybridized carbons (Fsp3) is 0.588. The molecule has 1 aliphatic carbocycles. The molecule has 1 aromatic carbocycles. The molecule has 23 heavy (non-hydrogen) atoms. The van der Waals surface area contributed by atoms with Gasteiger partial charge in [-0.3, -0.25) is 4.99 Å². The van der Waals surface area contributed by atoms with Crippen LogP contribution in [0.4, 0.5) is 0 Å². The summed E-state index contributed by atoms with van der Waals surface area (Å²) in [4.78, 5) is 4.87. The lowest BCUT2D eigenvalue weighted by Gasteiger charge is -2.21. The molecule has 0 bridgehead atoms. The number of rotatable bonds is 6. The Morgan fingerprint density at radius 1 is 1.26 bits per heavy atom. The van der Waals surface area contributed by atoms with Gasteiger partial charge in [-0.15, -0.1) is 0 Å². The molecule has 3 N–H and O–H groups in total. The monoisotopic (exact) mass is 337 g/mol. The summed E-state index contributed by atoms with van der Waals surface area (Å²) in [5, 5.41) is 3.09. The van der Waals surface area contributed by atoms with Crippen molar-refractivity contribution in [3.63, 3.8) is 0 Å². The molecule has 1 saturated carbocycles. The van der Waals surface area contributed by atoms with Gasteiger partial charge in [-0.05, 0) is 31.4 Å². The van der Waals surface area contributed by atoms with Crippen LogP contribution in [0, 0.1) is 0 Å². The molecule has 1 atom stereocenters. The SMILES string of the molecule is CCC(CS(=O)(=O)c1ccccc1)NC(N)=NC1CCCCC1. The molecule has 6 heteroatoms. The first-order valence-electron chi connectivity index (χ1n) is 8.39. The second-order valence-electron chi connectivity index (χ2n) is 6.15. The maximum absolute atomic E-state index is 12.5. The molecule has 0 aliphatic heterocycles. The Bertz CT molecular complexity index is 608. The average Bonchev–Trinajstić information content (AvgIpc) is 2.55. The Hall–Kier alpha value is -1.56. The van der Waals surface area contributed by atoms with E-state index < -0.39 is 9.84 Å². The van der Waals surface area contributed by atoms with Crippen molar-refractivity contribution in [1.29, 1.82) is 0 Å². The van der Waals surface area contributed by atoms with Gasteiger partial charge in [0.05, 0.1) is 16.7 Å². The quantitative estimate of drug-likeness (QED) is 0.617. The van der Waals surface area contributed by atoms with Gasteiger partial charge in [0.25, 0.3) is 0 Å². The number of benzene rings is 1. The van der Waals surface area contributed by atoms with E-state index >= 15 is 0 Å². The number of aliphatic imine (C=N–C) groups is 1. The number of guanidine groups is 1. The summed E-state index contributed by atoms with van der Waals surface area (Å²) in [7, 11) is -3.32. The molecule has 0 spiro atoms. The Balaban J connectivity index is 1.98. The van der Waals surface area contributed by atoms with Crippen molar-refractivity contribution >= 4 is 15.8 Å². The highest BCUT2D eigenvalue weighted by Crippen LogP contribution is 2.20. The lowest BCUT2D eigenvalue weighted by Crippen LogP contribution is -2.44. The highest BCUT2D eigenvalue weighted by atomic mass is 32.2. The first kappa shape index (κ1) is 17.8. The van der Waals surface area contributed by atoms with Crippen molar-refractivity contribution in [2.45, 2.75) is 62.4 Å². The maximum Gasteiger partial charge on any atom is 0.189 e. The first-order valence-corrected chi connectivity index (χ1v) is 10.0. The Labute approximate surface area is 139 Å². The van der Waals surface area contributed by atoms with E-state index in [0.29, 0.717) is 17.3 Å². The molecule has 1 unspecified atom stereocenters. The molecule has 128 valence electrons. The third-order valence-corrected chi connectivity index (χ3v) is 6.10. The van der Waals surface area contributed by atoms with Gasteiger partial charge in [0, 0.05) is 6.04 Å². The van der Waals surface area contributed by atoms with E-state index in [9.17, 15) is 8.42 Å². The van der Waals surface area contributed by atoms with E-state index in [4.69, 9.17) is 5.73 Å². The largest absolute Gasteiger partial charge is 0.370 e. The topological polar surface area (TPSA) is 84.5 Å². The van der Waals surface area contributed by atoms with Crippen LogP contribution in [0.15, 0.2) is 40.2 Å². The minimum absolute atomic E-state index is 0.0222. The first-order chi connectivity index (χ1) is 11.0. The number of hydrogen-bond donors (Lipinski definition) is 2.